The lowest BCUT2D eigenvalue weighted by molar-refractivity contribution is 0.248. The summed E-state index contributed by atoms with van der Waals surface area (Å²) in [6.45, 7) is 6.61. The van der Waals surface area contributed by atoms with Crippen LogP contribution in [-0.4, -0.2) is 35.7 Å². The molecule has 0 atom stereocenters. The van der Waals surface area contributed by atoms with Crippen LogP contribution >= 0.6 is 0 Å². The molecule has 1 heterocycles. The van der Waals surface area contributed by atoms with Crippen molar-refractivity contribution in [3.63, 3.8) is 0 Å². The highest BCUT2D eigenvalue weighted by atomic mass is 16.5. The number of amides is 2. The van der Waals surface area contributed by atoms with Gasteiger partial charge in [-0.05, 0) is 44.5 Å². The van der Waals surface area contributed by atoms with Crippen LogP contribution in [0.3, 0.4) is 0 Å². The van der Waals surface area contributed by atoms with Gasteiger partial charge in [0.1, 0.15) is 11.6 Å². The Morgan fingerprint density at radius 2 is 1.96 bits per heavy atom. The topological polar surface area (TPSA) is 79.4 Å². The molecular formula is C18H25N5O2. The van der Waals surface area contributed by atoms with Crippen molar-refractivity contribution in [1.82, 2.24) is 15.3 Å². The molecule has 0 spiro atoms. The van der Waals surface area contributed by atoms with Gasteiger partial charge in [0.2, 0.25) is 5.95 Å². The Balaban J connectivity index is 2.38. The average Bonchev–Trinajstić information content (AvgIpc) is 2.60. The molecule has 134 valence electrons. The molecule has 1 aromatic carbocycles. The molecule has 0 aliphatic rings. The first-order valence-electron chi connectivity index (χ1n) is 8.36. The molecule has 0 aliphatic heterocycles. The van der Waals surface area contributed by atoms with E-state index in [4.69, 9.17) is 4.74 Å². The first-order chi connectivity index (χ1) is 12.0. The minimum Gasteiger partial charge on any atom is -0.497 e. The summed E-state index contributed by atoms with van der Waals surface area (Å²) in [6, 6.07) is 8.93. The quantitative estimate of drug-likeness (QED) is 0.803. The average molecular weight is 343 g/mol. The van der Waals surface area contributed by atoms with Gasteiger partial charge in [-0.15, -0.1) is 0 Å². The van der Waals surface area contributed by atoms with Gasteiger partial charge < -0.3 is 15.4 Å². The lowest BCUT2D eigenvalue weighted by Gasteiger charge is -2.23. The highest BCUT2D eigenvalue weighted by molar-refractivity contribution is 5.98. The lowest BCUT2D eigenvalue weighted by Crippen LogP contribution is -2.37. The molecule has 0 saturated carbocycles. The second kappa shape index (κ2) is 8.86. The van der Waals surface area contributed by atoms with Gasteiger partial charge in [-0.25, -0.2) is 14.7 Å². The van der Waals surface area contributed by atoms with E-state index in [1.54, 1.807) is 19.4 Å². The molecule has 2 aromatic rings. The van der Waals surface area contributed by atoms with Gasteiger partial charge in [-0.3, -0.25) is 0 Å². The van der Waals surface area contributed by atoms with E-state index in [-0.39, 0.29) is 12.1 Å². The zero-order valence-electron chi connectivity index (χ0n) is 15.1. The molecular weight excluding hydrogens is 318 g/mol. The van der Waals surface area contributed by atoms with Crippen LogP contribution in [-0.2, 0) is 0 Å². The van der Waals surface area contributed by atoms with Gasteiger partial charge in [0.05, 0.1) is 12.8 Å². The standard InChI is InChI=1S/C18H25N5O2/c1-5-11-20-18(24)23(14-6-8-15(25-4)9-7-14)16-10-12-19-17(22-16)21-13(2)3/h6-10,12-13H,5,11H2,1-4H3,(H,20,24)(H,19,21,22). The number of rotatable bonds is 7. The number of aromatic nitrogens is 2. The Hall–Kier alpha value is -2.83. The molecule has 0 aliphatic carbocycles. The molecule has 0 radical (unpaired) electrons. The highest BCUT2D eigenvalue weighted by Crippen LogP contribution is 2.26. The maximum Gasteiger partial charge on any atom is 0.327 e. The van der Waals surface area contributed by atoms with E-state index in [1.807, 2.05) is 45.0 Å². The van der Waals surface area contributed by atoms with Crippen LogP contribution in [0.25, 0.3) is 0 Å². The SMILES string of the molecule is CCCNC(=O)N(c1ccc(OC)cc1)c1ccnc(NC(C)C)n1. The second-order valence-electron chi connectivity index (χ2n) is 5.80. The monoisotopic (exact) mass is 343 g/mol. The third-order valence-electron chi connectivity index (χ3n) is 3.35. The molecule has 2 amide bonds. The lowest BCUT2D eigenvalue weighted by atomic mass is 10.2. The third kappa shape index (κ3) is 5.07. The molecule has 2 rings (SSSR count). The first-order valence-corrected chi connectivity index (χ1v) is 8.36. The van der Waals surface area contributed by atoms with Crippen molar-refractivity contribution in [1.29, 1.82) is 0 Å². The number of ether oxygens (including phenoxy) is 1. The summed E-state index contributed by atoms with van der Waals surface area (Å²) in [7, 11) is 1.61. The Bertz CT molecular complexity index is 688. The van der Waals surface area contributed by atoms with Gasteiger partial charge >= 0.3 is 6.03 Å². The van der Waals surface area contributed by atoms with E-state index < -0.39 is 0 Å². The molecule has 1 aromatic heterocycles. The fourth-order valence-electron chi connectivity index (χ4n) is 2.20. The fourth-order valence-corrected chi connectivity index (χ4v) is 2.20. The van der Waals surface area contributed by atoms with Gasteiger partial charge in [-0.1, -0.05) is 6.92 Å². The molecule has 0 saturated heterocycles. The van der Waals surface area contributed by atoms with E-state index in [9.17, 15) is 4.79 Å². The van der Waals surface area contributed by atoms with E-state index in [0.29, 0.717) is 24.0 Å². The van der Waals surface area contributed by atoms with Crippen LogP contribution in [0.4, 0.5) is 22.2 Å². The summed E-state index contributed by atoms with van der Waals surface area (Å²) >= 11 is 0. The maximum absolute atomic E-state index is 12.7. The molecule has 25 heavy (non-hydrogen) atoms. The zero-order chi connectivity index (χ0) is 18.2. The Morgan fingerprint density at radius 1 is 1.24 bits per heavy atom. The highest BCUT2D eigenvalue weighted by Gasteiger charge is 2.19. The normalized spacial score (nSPS) is 10.4. The number of carbonyl (C=O) groups excluding carboxylic acids is 1. The van der Waals surface area contributed by atoms with Crippen LogP contribution in [0.15, 0.2) is 36.5 Å². The summed E-state index contributed by atoms with van der Waals surface area (Å²) in [5.74, 6) is 1.70. The number of anilines is 3. The molecule has 0 bridgehead atoms. The number of carbonyl (C=O) groups is 1. The number of benzene rings is 1. The maximum atomic E-state index is 12.7. The van der Waals surface area contributed by atoms with E-state index in [2.05, 4.69) is 20.6 Å². The summed E-state index contributed by atoms with van der Waals surface area (Å²) in [5.41, 5.74) is 0.698. The van der Waals surface area contributed by atoms with Crippen molar-refractivity contribution in [2.24, 2.45) is 0 Å². The van der Waals surface area contributed by atoms with E-state index >= 15 is 0 Å². The third-order valence-corrected chi connectivity index (χ3v) is 3.35. The molecule has 0 fully saturated rings. The fraction of sp³-hybridized carbons (Fsp3) is 0.389. The predicted octanol–water partition coefficient (Wildman–Crippen LogP) is 3.56. The van der Waals surface area contributed by atoms with Crippen molar-refractivity contribution in [2.75, 3.05) is 23.9 Å². The van der Waals surface area contributed by atoms with Crippen LogP contribution in [0, 0.1) is 0 Å². The summed E-state index contributed by atoms with van der Waals surface area (Å²) in [5, 5.41) is 6.04. The van der Waals surface area contributed by atoms with Gasteiger partial charge in [0, 0.05) is 24.8 Å². The minimum atomic E-state index is -0.235. The van der Waals surface area contributed by atoms with Crippen molar-refractivity contribution >= 4 is 23.5 Å². The van der Waals surface area contributed by atoms with Crippen molar-refractivity contribution in [3.8, 4) is 5.75 Å². The Morgan fingerprint density at radius 3 is 2.56 bits per heavy atom. The van der Waals surface area contributed by atoms with E-state index in [0.717, 1.165) is 12.2 Å². The van der Waals surface area contributed by atoms with Gasteiger partial charge in [-0.2, -0.15) is 4.98 Å². The Kier molecular flexibility index (Phi) is 6.56. The number of methoxy groups -OCH3 is 1. The smallest absolute Gasteiger partial charge is 0.327 e. The number of nitrogens with one attached hydrogen (secondary N) is 2. The summed E-state index contributed by atoms with van der Waals surface area (Å²) < 4.78 is 5.19. The zero-order valence-corrected chi connectivity index (χ0v) is 15.1. The van der Waals surface area contributed by atoms with Crippen molar-refractivity contribution < 1.29 is 9.53 Å². The van der Waals surface area contributed by atoms with Crippen LogP contribution in [0.1, 0.15) is 27.2 Å². The molecule has 2 N–H and O–H groups in total. The summed E-state index contributed by atoms with van der Waals surface area (Å²) in [4.78, 5) is 22.9. The van der Waals surface area contributed by atoms with Crippen molar-refractivity contribution in [2.45, 2.75) is 33.2 Å². The number of hydrogen-bond donors (Lipinski definition) is 2. The number of nitrogens with zero attached hydrogens (tertiary/aromatic N) is 3. The predicted molar refractivity (Wildman–Crippen MR) is 99.6 cm³/mol. The van der Waals surface area contributed by atoms with Gasteiger partial charge in [0.15, 0.2) is 0 Å². The molecule has 7 nitrogen and oxygen atoms in total. The van der Waals surface area contributed by atoms with Crippen LogP contribution < -0.4 is 20.3 Å². The molecule has 7 heteroatoms. The van der Waals surface area contributed by atoms with Crippen LogP contribution in [0.2, 0.25) is 0 Å². The van der Waals surface area contributed by atoms with E-state index in [1.165, 1.54) is 4.90 Å². The number of urea groups is 1. The minimum absolute atomic E-state index is 0.193. The van der Waals surface area contributed by atoms with Crippen molar-refractivity contribution in [3.05, 3.63) is 36.5 Å². The largest absolute Gasteiger partial charge is 0.497 e. The number of hydrogen-bond acceptors (Lipinski definition) is 5. The summed E-state index contributed by atoms with van der Waals surface area (Å²) in [6.07, 6.45) is 2.49. The van der Waals surface area contributed by atoms with Gasteiger partial charge in [0.25, 0.3) is 0 Å². The van der Waals surface area contributed by atoms with Crippen LogP contribution in [0.5, 0.6) is 5.75 Å². The first kappa shape index (κ1) is 18.5. The Labute approximate surface area is 148 Å². The second-order valence-corrected chi connectivity index (χ2v) is 5.80. The molecule has 0 unspecified atom stereocenters.